The van der Waals surface area contributed by atoms with Crippen molar-refractivity contribution in [3.8, 4) is 22.8 Å². The maximum Gasteiger partial charge on any atom is 0.242 e. The minimum Gasteiger partial charge on any atom is -0.463 e. The molecule has 5 heteroatoms. The first-order valence-electron chi connectivity index (χ1n) is 6.35. The number of fused-ring (bicyclic) bond motifs is 1. The molecule has 0 spiro atoms. The maximum absolute atomic E-state index is 11.9. The van der Waals surface area contributed by atoms with E-state index >= 15 is 0 Å². The fourth-order valence-electron chi connectivity index (χ4n) is 2.06. The SMILES string of the molecule is CN(C)C(=O)Cn1cccc2cc(-c3ccco3)nc1-2. The van der Waals surface area contributed by atoms with Crippen LogP contribution in [0.15, 0.2) is 47.2 Å². The van der Waals surface area contributed by atoms with Gasteiger partial charge in [0, 0.05) is 25.9 Å². The van der Waals surface area contributed by atoms with E-state index in [9.17, 15) is 4.79 Å². The summed E-state index contributed by atoms with van der Waals surface area (Å²) < 4.78 is 7.21. The number of likely N-dealkylation sites (N-methyl/N-ethyl adjacent to an activating group) is 1. The van der Waals surface area contributed by atoms with Crippen LogP contribution in [0.2, 0.25) is 0 Å². The Bertz CT molecular complexity index is 698. The van der Waals surface area contributed by atoms with Gasteiger partial charge in [0.1, 0.15) is 18.1 Å². The highest BCUT2D eigenvalue weighted by Gasteiger charge is 2.16. The molecule has 0 unspecified atom stereocenters. The van der Waals surface area contributed by atoms with E-state index in [1.807, 2.05) is 41.1 Å². The lowest BCUT2D eigenvalue weighted by Crippen LogP contribution is -2.26. The van der Waals surface area contributed by atoms with E-state index in [0.717, 1.165) is 22.8 Å². The fourth-order valence-corrected chi connectivity index (χ4v) is 2.06. The Labute approximate surface area is 116 Å². The molecule has 0 fully saturated rings. The Morgan fingerprint density at radius 1 is 1.35 bits per heavy atom. The Kier molecular flexibility index (Phi) is 3.02. The van der Waals surface area contributed by atoms with Crippen LogP contribution < -0.4 is 0 Å². The van der Waals surface area contributed by atoms with Gasteiger partial charge in [-0.2, -0.15) is 0 Å². The summed E-state index contributed by atoms with van der Waals surface area (Å²) in [6.45, 7) is 0.277. The van der Waals surface area contributed by atoms with Crippen molar-refractivity contribution in [1.82, 2.24) is 14.5 Å². The highest BCUT2D eigenvalue weighted by molar-refractivity contribution is 5.77. The monoisotopic (exact) mass is 269 g/mol. The van der Waals surface area contributed by atoms with E-state index in [1.165, 1.54) is 0 Å². The van der Waals surface area contributed by atoms with Crippen LogP contribution in [0.3, 0.4) is 0 Å². The van der Waals surface area contributed by atoms with E-state index < -0.39 is 0 Å². The third-order valence-corrected chi connectivity index (χ3v) is 3.17. The normalized spacial score (nSPS) is 10.9. The molecule has 0 bridgehead atoms. The molecule has 3 rings (SSSR count). The zero-order chi connectivity index (χ0) is 14.1. The van der Waals surface area contributed by atoms with Crippen LogP contribution in [0.1, 0.15) is 0 Å². The van der Waals surface area contributed by atoms with Gasteiger partial charge in [-0.3, -0.25) is 4.79 Å². The van der Waals surface area contributed by atoms with Gasteiger partial charge >= 0.3 is 0 Å². The van der Waals surface area contributed by atoms with Crippen LogP contribution in [0.5, 0.6) is 0 Å². The molecule has 0 aliphatic carbocycles. The largest absolute Gasteiger partial charge is 0.463 e. The summed E-state index contributed by atoms with van der Waals surface area (Å²) >= 11 is 0. The molecule has 0 N–H and O–H groups in total. The first-order valence-corrected chi connectivity index (χ1v) is 6.35. The van der Waals surface area contributed by atoms with Crippen molar-refractivity contribution >= 4 is 5.91 Å². The van der Waals surface area contributed by atoms with Gasteiger partial charge in [-0.1, -0.05) is 0 Å². The van der Waals surface area contributed by atoms with E-state index in [-0.39, 0.29) is 12.5 Å². The van der Waals surface area contributed by atoms with Crippen molar-refractivity contribution < 1.29 is 9.21 Å². The van der Waals surface area contributed by atoms with Crippen LogP contribution in [-0.2, 0) is 11.3 Å². The molecule has 5 nitrogen and oxygen atoms in total. The molecule has 0 saturated carbocycles. The summed E-state index contributed by atoms with van der Waals surface area (Å²) in [6.07, 6.45) is 3.49. The van der Waals surface area contributed by atoms with Gasteiger partial charge in [0.05, 0.1) is 6.26 Å². The van der Waals surface area contributed by atoms with E-state index in [0.29, 0.717) is 0 Å². The molecule has 0 atom stereocenters. The fraction of sp³-hybridized carbons (Fsp3) is 0.200. The predicted molar refractivity (Wildman–Crippen MR) is 75.2 cm³/mol. The molecule has 2 aliphatic rings. The lowest BCUT2D eigenvalue weighted by atomic mass is 10.2. The zero-order valence-corrected chi connectivity index (χ0v) is 11.4. The van der Waals surface area contributed by atoms with E-state index in [4.69, 9.17) is 4.42 Å². The summed E-state index contributed by atoms with van der Waals surface area (Å²) in [4.78, 5) is 18.0. The molecule has 102 valence electrons. The van der Waals surface area contributed by atoms with Crippen LogP contribution in [0.4, 0.5) is 0 Å². The van der Waals surface area contributed by atoms with Gasteiger partial charge in [0.2, 0.25) is 5.91 Å². The van der Waals surface area contributed by atoms with Crippen LogP contribution >= 0.6 is 0 Å². The summed E-state index contributed by atoms with van der Waals surface area (Å²) in [5.41, 5.74) is 1.77. The number of aromatic nitrogens is 2. The smallest absolute Gasteiger partial charge is 0.242 e. The Morgan fingerprint density at radius 2 is 2.20 bits per heavy atom. The Hall–Kier alpha value is -2.56. The molecule has 2 aliphatic heterocycles. The molecule has 1 aromatic heterocycles. The van der Waals surface area contributed by atoms with E-state index in [1.54, 1.807) is 25.3 Å². The molecular formula is C15H15N3O2. The third-order valence-electron chi connectivity index (χ3n) is 3.17. The molecule has 1 amide bonds. The van der Waals surface area contributed by atoms with Crippen molar-refractivity contribution in [2.45, 2.75) is 6.54 Å². The second-order valence-corrected chi connectivity index (χ2v) is 4.82. The third kappa shape index (κ3) is 2.18. The van der Waals surface area contributed by atoms with Gasteiger partial charge in [0.15, 0.2) is 5.76 Å². The zero-order valence-electron chi connectivity index (χ0n) is 11.4. The summed E-state index contributed by atoms with van der Waals surface area (Å²) in [7, 11) is 3.49. The topological polar surface area (TPSA) is 51.3 Å². The van der Waals surface area contributed by atoms with Gasteiger partial charge in [-0.25, -0.2) is 4.98 Å². The summed E-state index contributed by atoms with van der Waals surface area (Å²) in [5.74, 6) is 1.55. The number of amides is 1. The second kappa shape index (κ2) is 4.85. The minimum atomic E-state index is 0.0325. The molecular weight excluding hydrogens is 254 g/mol. The van der Waals surface area contributed by atoms with Crippen LogP contribution in [0, 0.1) is 0 Å². The van der Waals surface area contributed by atoms with Crippen LogP contribution in [-0.4, -0.2) is 34.5 Å². The van der Waals surface area contributed by atoms with Crippen molar-refractivity contribution in [2.75, 3.05) is 14.1 Å². The summed E-state index contributed by atoms with van der Waals surface area (Å²) in [6, 6.07) is 9.56. The first-order chi connectivity index (χ1) is 9.65. The van der Waals surface area contributed by atoms with Crippen molar-refractivity contribution in [2.24, 2.45) is 0 Å². The Balaban J connectivity index is 2.01. The number of pyridine rings is 1. The predicted octanol–water partition coefficient (Wildman–Crippen LogP) is 2.34. The molecule has 0 radical (unpaired) electrons. The number of hydrogen-bond donors (Lipinski definition) is 0. The lowest BCUT2D eigenvalue weighted by Gasteiger charge is -2.14. The number of rotatable bonds is 3. The van der Waals surface area contributed by atoms with Gasteiger partial charge < -0.3 is 13.9 Å². The first kappa shape index (κ1) is 12.5. The minimum absolute atomic E-state index is 0.0325. The highest BCUT2D eigenvalue weighted by atomic mass is 16.3. The number of carbonyl (C=O) groups excluding carboxylic acids is 1. The Morgan fingerprint density at radius 3 is 2.90 bits per heavy atom. The molecule has 20 heavy (non-hydrogen) atoms. The molecule has 0 aromatic carbocycles. The van der Waals surface area contributed by atoms with Gasteiger partial charge in [0.25, 0.3) is 0 Å². The van der Waals surface area contributed by atoms with Crippen molar-refractivity contribution in [3.05, 3.63) is 42.8 Å². The van der Waals surface area contributed by atoms with Crippen LogP contribution in [0.25, 0.3) is 22.8 Å². The van der Waals surface area contributed by atoms with Gasteiger partial charge in [-0.15, -0.1) is 0 Å². The van der Waals surface area contributed by atoms with Gasteiger partial charge in [-0.05, 0) is 30.3 Å². The number of hydrogen-bond acceptors (Lipinski definition) is 3. The standard InChI is InChI=1S/C15H15N3O2/c1-17(2)14(19)10-18-7-3-5-11-9-12(16-15(11)18)13-6-4-8-20-13/h3-9H,10H2,1-2H3. The number of carbonyl (C=O) groups is 1. The van der Waals surface area contributed by atoms with E-state index in [2.05, 4.69) is 4.98 Å². The maximum atomic E-state index is 11.9. The quantitative estimate of drug-likeness (QED) is 0.733. The summed E-state index contributed by atoms with van der Waals surface area (Å²) in [5, 5.41) is 0. The van der Waals surface area contributed by atoms with Crippen molar-refractivity contribution in [3.63, 3.8) is 0 Å². The molecule has 0 saturated heterocycles. The number of furan rings is 1. The van der Waals surface area contributed by atoms with Crippen molar-refractivity contribution in [1.29, 1.82) is 0 Å². The highest BCUT2D eigenvalue weighted by Crippen LogP contribution is 2.28. The average molecular weight is 269 g/mol. The molecule has 1 aromatic rings. The lowest BCUT2D eigenvalue weighted by molar-refractivity contribution is -0.129. The molecule has 3 heterocycles. The average Bonchev–Trinajstić information content (AvgIpc) is 3.07. The number of nitrogens with zero attached hydrogens (tertiary/aromatic N) is 3. The second-order valence-electron chi connectivity index (χ2n) is 4.82.